The number of allylic oxidation sites excluding steroid dienone is 4. The average molecular weight is 406 g/mol. The van der Waals surface area contributed by atoms with Crippen LogP contribution in [-0.2, 0) is 21.7 Å². The third-order valence-corrected chi connectivity index (χ3v) is 3.79. The van der Waals surface area contributed by atoms with Gasteiger partial charge in [0.05, 0.1) is 0 Å². The Morgan fingerprint density at radius 3 is 2.40 bits per heavy atom. The van der Waals surface area contributed by atoms with E-state index in [4.69, 9.17) is 0 Å². The molecule has 0 spiro atoms. The Morgan fingerprint density at radius 1 is 1.08 bits per heavy atom. The molecule has 0 saturated heterocycles. The zero-order valence-electron chi connectivity index (χ0n) is 14.3. The largest absolute Gasteiger partial charge is 4.00 e. The summed E-state index contributed by atoms with van der Waals surface area (Å²) in [6.07, 6.45) is 15.2. The molecule has 0 aliphatic heterocycles. The Morgan fingerprint density at radius 2 is 1.80 bits per heavy atom. The average Bonchev–Trinajstić information content (AvgIpc) is 3.29. The zero-order chi connectivity index (χ0) is 15.2. The molecule has 1 heterocycles. The summed E-state index contributed by atoms with van der Waals surface area (Å²) in [5.74, 6) is 0. The number of halogens is 2. The van der Waals surface area contributed by atoms with E-state index in [0.717, 1.165) is 6.42 Å². The van der Waals surface area contributed by atoms with Crippen molar-refractivity contribution >= 4 is 10.8 Å². The summed E-state index contributed by atoms with van der Waals surface area (Å²) in [6.45, 7) is 2.20. The first-order valence-corrected chi connectivity index (χ1v) is 7.92. The first-order chi connectivity index (χ1) is 10.9. The van der Waals surface area contributed by atoms with E-state index in [2.05, 4.69) is 78.5 Å². The van der Waals surface area contributed by atoms with E-state index >= 15 is 0 Å². The topological polar surface area (TPSA) is 4.93 Å². The van der Waals surface area contributed by atoms with Crippen LogP contribution in [0.2, 0.25) is 0 Å². The molecule has 128 valence electrons. The molecule has 1 aliphatic carbocycles. The minimum atomic E-state index is 0. The molecule has 0 amide bonds. The van der Waals surface area contributed by atoms with E-state index in [-0.39, 0.29) is 46.5 Å². The molecule has 1 aromatic heterocycles. The fourth-order valence-corrected chi connectivity index (χ4v) is 2.68. The van der Waals surface area contributed by atoms with Crippen LogP contribution >= 0.6 is 0 Å². The monoisotopic (exact) mass is 405 g/mol. The minimum Gasteiger partial charge on any atom is -1.00 e. The van der Waals surface area contributed by atoms with Crippen molar-refractivity contribution in [2.45, 2.75) is 26.2 Å². The van der Waals surface area contributed by atoms with Gasteiger partial charge in [-0.15, -0.1) is 47.5 Å². The molecule has 0 fully saturated rings. The Labute approximate surface area is 177 Å². The molecule has 0 bridgehead atoms. The molecule has 4 heteroatoms. The van der Waals surface area contributed by atoms with Crippen LogP contribution in [0.3, 0.4) is 0 Å². The summed E-state index contributed by atoms with van der Waals surface area (Å²) < 4.78 is 2.12. The van der Waals surface area contributed by atoms with Crippen LogP contribution in [-0.4, -0.2) is 4.57 Å². The second-order valence-corrected chi connectivity index (χ2v) is 5.49. The van der Waals surface area contributed by atoms with E-state index in [9.17, 15) is 0 Å². The summed E-state index contributed by atoms with van der Waals surface area (Å²) >= 11 is 0. The van der Waals surface area contributed by atoms with E-state index in [1.54, 1.807) is 0 Å². The quantitative estimate of drug-likeness (QED) is 0.421. The van der Waals surface area contributed by atoms with Crippen LogP contribution < -0.4 is 24.8 Å². The number of nitrogens with zero attached hydrogens (tertiary/aromatic N) is 1. The number of aromatic nitrogens is 1. The van der Waals surface area contributed by atoms with E-state index in [1.165, 1.54) is 34.9 Å². The summed E-state index contributed by atoms with van der Waals surface area (Å²) in [6, 6.07) is 16.9. The van der Waals surface area contributed by atoms with Gasteiger partial charge in [-0.05, 0) is 17.8 Å². The van der Waals surface area contributed by atoms with Gasteiger partial charge in [0.25, 0.3) is 0 Å². The van der Waals surface area contributed by atoms with E-state index < -0.39 is 0 Å². The molecule has 3 aromatic rings. The summed E-state index contributed by atoms with van der Waals surface area (Å²) in [7, 11) is 0. The van der Waals surface area contributed by atoms with Crippen LogP contribution in [0.4, 0.5) is 0 Å². The number of benzene rings is 1. The number of rotatable bonds is 3. The third kappa shape index (κ3) is 6.60. The normalized spacial score (nSPS) is 11.5. The zero-order valence-corrected chi connectivity index (χ0v) is 17.3. The fourth-order valence-electron chi connectivity index (χ4n) is 2.68. The number of fused-ring (bicyclic) bond motifs is 1. The Bertz CT molecular complexity index is 752. The molecule has 25 heavy (non-hydrogen) atoms. The molecule has 0 atom stereocenters. The summed E-state index contributed by atoms with van der Waals surface area (Å²) in [5, 5.41) is 2.60. The second kappa shape index (κ2) is 12.3. The van der Waals surface area contributed by atoms with Crippen molar-refractivity contribution in [3.05, 3.63) is 84.7 Å². The van der Waals surface area contributed by atoms with Crippen molar-refractivity contribution in [3.8, 4) is 5.69 Å². The van der Waals surface area contributed by atoms with Gasteiger partial charge < -0.3 is 29.4 Å². The summed E-state index contributed by atoms with van der Waals surface area (Å²) in [5.41, 5.74) is 2.63. The Balaban J connectivity index is 0.000000462. The van der Waals surface area contributed by atoms with Crippen molar-refractivity contribution in [1.82, 2.24) is 4.57 Å². The van der Waals surface area contributed by atoms with Crippen molar-refractivity contribution in [3.63, 3.8) is 0 Å². The van der Waals surface area contributed by atoms with Crippen LogP contribution in [0, 0.1) is 6.08 Å². The van der Waals surface area contributed by atoms with Crippen LogP contribution in [0.15, 0.2) is 78.6 Å². The maximum absolute atomic E-state index is 3.26. The predicted octanol–water partition coefficient (Wildman–Crippen LogP) is -0.169. The number of hydrogen-bond acceptors (Lipinski definition) is 0. The number of hydrogen-bond donors (Lipinski definition) is 0. The SMILES string of the molecule is CCCC1=[C-]CC=C1.[Cl-].[Cl-].[Ti+4].c1ccc2[cH-]c(-n3cccc3)cc2c1. The maximum Gasteiger partial charge on any atom is 4.00 e. The second-order valence-electron chi connectivity index (χ2n) is 5.49. The van der Waals surface area contributed by atoms with Crippen molar-refractivity contribution in [2.24, 2.45) is 0 Å². The molecule has 1 aliphatic rings. The van der Waals surface area contributed by atoms with Gasteiger partial charge in [0.1, 0.15) is 0 Å². The van der Waals surface area contributed by atoms with Gasteiger partial charge in [0, 0.05) is 12.4 Å². The Kier molecular flexibility index (Phi) is 11.7. The van der Waals surface area contributed by atoms with Crippen molar-refractivity contribution in [2.75, 3.05) is 0 Å². The molecule has 1 nitrogen and oxygen atoms in total. The van der Waals surface area contributed by atoms with Gasteiger partial charge in [-0.25, -0.2) is 11.6 Å². The van der Waals surface area contributed by atoms with Gasteiger partial charge in [-0.2, -0.15) is 6.08 Å². The first kappa shape index (κ1) is 23.9. The predicted molar refractivity (Wildman–Crippen MR) is 94.3 cm³/mol. The summed E-state index contributed by atoms with van der Waals surface area (Å²) in [4.78, 5) is 0. The van der Waals surface area contributed by atoms with Crippen LogP contribution in [0.1, 0.15) is 26.2 Å². The van der Waals surface area contributed by atoms with E-state index in [1.807, 2.05) is 12.1 Å². The van der Waals surface area contributed by atoms with Gasteiger partial charge in [0.2, 0.25) is 0 Å². The molecule has 0 radical (unpaired) electrons. The van der Waals surface area contributed by atoms with Gasteiger partial charge in [-0.1, -0.05) is 25.8 Å². The van der Waals surface area contributed by atoms with Crippen LogP contribution in [0.5, 0.6) is 0 Å². The molecular weight excluding hydrogens is 385 g/mol. The third-order valence-electron chi connectivity index (χ3n) is 3.79. The maximum atomic E-state index is 3.26. The molecule has 0 N–H and O–H groups in total. The first-order valence-electron chi connectivity index (χ1n) is 7.92. The van der Waals surface area contributed by atoms with Gasteiger partial charge >= 0.3 is 21.7 Å². The van der Waals surface area contributed by atoms with Gasteiger partial charge in [0.15, 0.2) is 0 Å². The fraction of sp³-hybridized carbons (Fsp3) is 0.190. The van der Waals surface area contributed by atoms with Crippen molar-refractivity contribution in [1.29, 1.82) is 0 Å². The molecule has 2 aromatic carbocycles. The molecular formula is C21H21Cl2NTi. The molecule has 0 unspecified atom stereocenters. The Hall–Kier alpha value is -1.12. The molecule has 4 rings (SSSR count). The standard InChI is InChI=1S/C13H10N.C8H11.2ClH.Ti/c1-2-6-12-10-13(9-11(12)5-1)14-7-3-4-8-14;1-2-5-8-6-3-4-7-8;;;/h1-10H;3,6H,2,4-5H2,1H3;2*1H;/q2*-1;;;+4/p-2. The molecule has 0 saturated carbocycles. The smallest absolute Gasteiger partial charge is 1.00 e. The van der Waals surface area contributed by atoms with Gasteiger partial charge in [-0.3, -0.25) is 6.08 Å². The minimum absolute atomic E-state index is 0. The van der Waals surface area contributed by atoms with E-state index in [0.29, 0.717) is 0 Å². The van der Waals surface area contributed by atoms with Crippen molar-refractivity contribution < 1.29 is 46.5 Å². The van der Waals surface area contributed by atoms with Crippen LogP contribution in [0.25, 0.3) is 16.5 Å².